The van der Waals surface area contributed by atoms with Crippen molar-refractivity contribution in [3.8, 4) is 6.01 Å². The zero-order valence-corrected chi connectivity index (χ0v) is 11.0. The Morgan fingerprint density at radius 1 is 1.41 bits per heavy atom. The molecule has 0 saturated carbocycles. The van der Waals surface area contributed by atoms with Gasteiger partial charge in [0.15, 0.2) is 5.16 Å². The molecule has 17 heavy (non-hydrogen) atoms. The summed E-state index contributed by atoms with van der Waals surface area (Å²) in [5.74, 6) is 5.75. The highest BCUT2D eigenvalue weighted by Crippen LogP contribution is 2.17. The maximum atomic E-state index is 10.9. The molecule has 3 N–H and O–H groups in total. The van der Waals surface area contributed by atoms with Crippen LogP contribution in [0.4, 0.5) is 5.95 Å². The third kappa shape index (κ3) is 5.15. The number of aromatic nitrogens is 3. The fraction of sp³-hybridized carbons (Fsp3) is 0.571. The highest BCUT2D eigenvalue weighted by atomic mass is 32.2. The predicted octanol–water partition coefficient (Wildman–Crippen LogP) is -0.697. The number of methoxy groups -OCH3 is 1. The second kappa shape index (κ2) is 5.98. The van der Waals surface area contributed by atoms with Crippen LogP contribution >= 0.6 is 11.8 Å². The van der Waals surface area contributed by atoms with Gasteiger partial charge in [-0.1, -0.05) is 11.8 Å². The lowest BCUT2D eigenvalue weighted by Gasteiger charge is -2.04. The molecule has 1 heterocycles. The Balaban J connectivity index is 2.70. The summed E-state index contributed by atoms with van der Waals surface area (Å²) in [5, 5.41) is 0.355. The molecule has 0 aliphatic carbocycles. The summed E-state index contributed by atoms with van der Waals surface area (Å²) in [4.78, 5) is 11.7. The van der Waals surface area contributed by atoms with Crippen LogP contribution in [0.15, 0.2) is 5.16 Å². The predicted molar refractivity (Wildman–Crippen MR) is 64.6 cm³/mol. The largest absolute Gasteiger partial charge is 0.467 e. The summed E-state index contributed by atoms with van der Waals surface area (Å²) in [6.07, 6.45) is 1.18. The second-order valence-electron chi connectivity index (χ2n) is 3.05. The van der Waals surface area contributed by atoms with E-state index in [1.807, 2.05) is 0 Å². The van der Waals surface area contributed by atoms with Crippen molar-refractivity contribution >= 4 is 27.5 Å². The standard InChI is InChI=1S/C7H13N5O3S2/c1-15-6-9-5(12-8)10-7(11-6)16-3-4-17(2,13)14/h3-4,8H2,1-2H3,(H,9,10,11,12). The summed E-state index contributed by atoms with van der Waals surface area (Å²) >= 11 is 1.19. The van der Waals surface area contributed by atoms with Gasteiger partial charge in [0.25, 0.3) is 0 Å². The molecule has 0 unspecified atom stereocenters. The number of nitrogens with one attached hydrogen (secondary N) is 1. The highest BCUT2D eigenvalue weighted by Gasteiger charge is 2.08. The van der Waals surface area contributed by atoms with Gasteiger partial charge in [0.05, 0.1) is 12.9 Å². The Kier molecular flexibility index (Phi) is 4.90. The van der Waals surface area contributed by atoms with Crippen LogP contribution < -0.4 is 16.0 Å². The van der Waals surface area contributed by atoms with E-state index >= 15 is 0 Å². The molecule has 0 aliphatic heterocycles. The average Bonchev–Trinajstić information content (AvgIpc) is 2.26. The van der Waals surface area contributed by atoms with Crippen LogP contribution in [0.3, 0.4) is 0 Å². The minimum atomic E-state index is -2.99. The van der Waals surface area contributed by atoms with Gasteiger partial charge in [0.1, 0.15) is 9.84 Å². The number of hydrazine groups is 1. The van der Waals surface area contributed by atoms with Crippen molar-refractivity contribution in [2.75, 3.05) is 30.3 Å². The van der Waals surface area contributed by atoms with Crippen LogP contribution in [-0.4, -0.2) is 48.2 Å². The zero-order valence-electron chi connectivity index (χ0n) is 9.37. The molecule has 0 atom stereocenters. The number of nitrogens with zero attached hydrogens (tertiary/aromatic N) is 3. The first-order chi connectivity index (χ1) is 7.94. The Morgan fingerprint density at radius 3 is 2.65 bits per heavy atom. The summed E-state index contributed by atoms with van der Waals surface area (Å²) < 4.78 is 26.7. The normalized spacial score (nSPS) is 11.2. The molecule has 96 valence electrons. The lowest BCUT2D eigenvalue weighted by molar-refractivity contribution is 0.373. The summed E-state index contributed by atoms with van der Waals surface area (Å²) in [6.45, 7) is 0. The summed E-state index contributed by atoms with van der Waals surface area (Å²) in [5.41, 5.74) is 2.27. The third-order valence-electron chi connectivity index (χ3n) is 1.59. The van der Waals surface area contributed by atoms with Crippen molar-refractivity contribution in [3.63, 3.8) is 0 Å². The first-order valence-corrected chi connectivity index (χ1v) is 7.56. The van der Waals surface area contributed by atoms with Crippen molar-refractivity contribution in [1.29, 1.82) is 0 Å². The van der Waals surface area contributed by atoms with E-state index in [0.717, 1.165) is 0 Å². The van der Waals surface area contributed by atoms with E-state index in [2.05, 4.69) is 20.4 Å². The minimum Gasteiger partial charge on any atom is -0.467 e. The van der Waals surface area contributed by atoms with Gasteiger partial charge in [0.2, 0.25) is 5.95 Å². The van der Waals surface area contributed by atoms with Crippen molar-refractivity contribution < 1.29 is 13.2 Å². The van der Waals surface area contributed by atoms with Crippen LogP contribution in [0.25, 0.3) is 0 Å². The van der Waals surface area contributed by atoms with E-state index in [1.54, 1.807) is 0 Å². The fourth-order valence-electron chi connectivity index (χ4n) is 0.843. The maximum absolute atomic E-state index is 10.9. The van der Waals surface area contributed by atoms with E-state index in [1.165, 1.54) is 25.1 Å². The van der Waals surface area contributed by atoms with Gasteiger partial charge in [0, 0.05) is 12.0 Å². The van der Waals surface area contributed by atoms with E-state index in [9.17, 15) is 8.42 Å². The zero-order chi connectivity index (χ0) is 12.9. The number of anilines is 1. The van der Waals surface area contributed by atoms with Gasteiger partial charge < -0.3 is 4.74 Å². The first-order valence-electron chi connectivity index (χ1n) is 4.52. The molecule has 0 aromatic carbocycles. The molecule has 8 nitrogen and oxygen atoms in total. The molecule has 0 radical (unpaired) electrons. The van der Waals surface area contributed by atoms with Gasteiger partial charge in [-0.25, -0.2) is 14.3 Å². The van der Waals surface area contributed by atoms with Crippen molar-refractivity contribution in [1.82, 2.24) is 15.0 Å². The number of thioether (sulfide) groups is 1. The maximum Gasteiger partial charge on any atom is 0.321 e. The smallest absolute Gasteiger partial charge is 0.321 e. The van der Waals surface area contributed by atoms with Gasteiger partial charge in [-0.3, -0.25) is 5.43 Å². The molecule has 1 aromatic heterocycles. The number of ether oxygens (including phenoxy) is 1. The van der Waals surface area contributed by atoms with Gasteiger partial charge in [-0.2, -0.15) is 15.0 Å². The van der Waals surface area contributed by atoms with Crippen molar-refractivity contribution in [2.45, 2.75) is 5.16 Å². The monoisotopic (exact) mass is 279 g/mol. The SMILES string of the molecule is COc1nc(NN)nc(SCCS(C)(=O)=O)n1. The van der Waals surface area contributed by atoms with Gasteiger partial charge in [-0.15, -0.1) is 0 Å². The van der Waals surface area contributed by atoms with Crippen molar-refractivity contribution in [3.05, 3.63) is 0 Å². The number of nitrogen functional groups attached to an aromatic ring is 1. The Hall–Kier alpha value is -1.13. The number of rotatable bonds is 6. The first kappa shape index (κ1) is 13.9. The Labute approximate surface area is 103 Å². The molecule has 0 bridgehead atoms. The Bertz CT molecular complexity index is 456. The summed E-state index contributed by atoms with van der Waals surface area (Å²) in [7, 11) is -1.57. The number of nitrogens with two attached hydrogens (primary N) is 1. The van der Waals surface area contributed by atoms with E-state index in [4.69, 9.17) is 10.6 Å². The molecule has 1 aromatic rings. The van der Waals surface area contributed by atoms with Crippen LogP contribution in [0.5, 0.6) is 6.01 Å². The molecular weight excluding hydrogens is 266 g/mol. The fourth-order valence-corrected chi connectivity index (χ4v) is 2.86. The summed E-state index contributed by atoms with van der Waals surface area (Å²) in [6, 6.07) is 0.120. The van der Waals surface area contributed by atoms with Crippen molar-refractivity contribution in [2.24, 2.45) is 5.84 Å². The topological polar surface area (TPSA) is 120 Å². The van der Waals surface area contributed by atoms with Gasteiger partial charge >= 0.3 is 6.01 Å². The van der Waals surface area contributed by atoms with Crippen LogP contribution in [0, 0.1) is 0 Å². The molecule has 0 saturated heterocycles. The number of hydrogen-bond donors (Lipinski definition) is 2. The minimum absolute atomic E-state index is 0.0526. The van der Waals surface area contributed by atoms with E-state index in [-0.39, 0.29) is 17.7 Å². The molecule has 0 fully saturated rings. The molecular formula is C7H13N5O3S2. The van der Waals surface area contributed by atoms with E-state index < -0.39 is 9.84 Å². The number of sulfone groups is 1. The van der Waals surface area contributed by atoms with Crippen LogP contribution in [0.2, 0.25) is 0 Å². The molecule has 0 amide bonds. The van der Waals surface area contributed by atoms with Crippen LogP contribution in [-0.2, 0) is 9.84 Å². The molecule has 10 heteroatoms. The average molecular weight is 279 g/mol. The molecule has 1 rings (SSSR count). The lowest BCUT2D eigenvalue weighted by atomic mass is 10.9. The Morgan fingerprint density at radius 2 is 2.12 bits per heavy atom. The van der Waals surface area contributed by atoms with E-state index in [0.29, 0.717) is 10.9 Å². The quantitative estimate of drug-likeness (QED) is 0.395. The lowest BCUT2D eigenvalue weighted by Crippen LogP contribution is -2.12. The van der Waals surface area contributed by atoms with Crippen LogP contribution in [0.1, 0.15) is 0 Å². The third-order valence-corrected chi connectivity index (χ3v) is 3.64. The van der Waals surface area contributed by atoms with Gasteiger partial charge in [-0.05, 0) is 0 Å². The molecule has 0 aliphatic rings. The number of hydrogen-bond acceptors (Lipinski definition) is 9. The molecule has 0 spiro atoms. The highest BCUT2D eigenvalue weighted by molar-refractivity contribution is 8.00. The second-order valence-corrected chi connectivity index (χ2v) is 6.37.